The third-order valence-electron chi connectivity index (χ3n) is 17.7. The number of hydrogen-bond acceptors (Lipinski definition) is 24. The Morgan fingerprint density at radius 3 is 0.500 bits per heavy atom. The molecule has 10 rings (SSSR count). The average Bonchev–Trinajstić information content (AvgIpc) is 0.745. The summed E-state index contributed by atoms with van der Waals surface area (Å²) in [5.41, 5.74) is -16.0. The molecule has 60 heteroatoms. The van der Waals surface area contributed by atoms with E-state index in [1.165, 1.54) is 60.7 Å². The van der Waals surface area contributed by atoms with E-state index >= 15 is 0 Å². The van der Waals surface area contributed by atoms with Crippen LogP contribution in [0.25, 0.3) is 0 Å². The van der Waals surface area contributed by atoms with Gasteiger partial charge >= 0.3 is 89.9 Å². The molecular weight excluding hydrogens is 2110 g/mol. The van der Waals surface area contributed by atoms with Crippen LogP contribution in [0.5, 0.6) is 23.0 Å². The van der Waals surface area contributed by atoms with Crippen LogP contribution in [0, 0.1) is 0 Å². The van der Waals surface area contributed by atoms with E-state index in [9.17, 15) is 182 Å². The predicted octanol–water partition coefficient (Wildman–Crippen LogP) is 21.7. The van der Waals surface area contributed by atoms with Crippen molar-refractivity contribution < 1.29 is 215 Å². The number of hydrogen-bond donors (Lipinski definition) is 0. The Kier molecular flexibility index (Phi) is 32.4. The number of alkyl halides is 24. The molecule has 0 unspecified atom stereocenters. The molecule has 10 aromatic rings. The number of halogens is 26. The largest absolute Gasteiger partial charge is 0.416 e. The van der Waals surface area contributed by atoms with E-state index < -0.39 is 287 Å². The van der Waals surface area contributed by atoms with Gasteiger partial charge in [0.1, 0.15) is 42.6 Å². The monoisotopic (exact) mass is 2160 g/mol. The van der Waals surface area contributed by atoms with Crippen molar-refractivity contribution in [1.29, 1.82) is 0 Å². The van der Waals surface area contributed by atoms with Crippen molar-refractivity contribution in [1.82, 2.24) is 0 Å². The van der Waals surface area contributed by atoms with Crippen LogP contribution >= 0.6 is 20.6 Å². The van der Waals surface area contributed by atoms with Gasteiger partial charge in [0.25, 0.3) is 40.5 Å². The van der Waals surface area contributed by atoms with Gasteiger partial charge in [-0.15, -0.1) is 0 Å². The van der Waals surface area contributed by atoms with Crippen molar-refractivity contribution in [3.63, 3.8) is 0 Å². The fourth-order valence-electron chi connectivity index (χ4n) is 11.6. The van der Waals surface area contributed by atoms with E-state index in [1.54, 1.807) is 0 Å². The molecular formula is C76H54F26O24S10. The lowest BCUT2D eigenvalue weighted by atomic mass is 10.1. The summed E-state index contributed by atoms with van der Waals surface area (Å²) in [6.45, 7) is 0. The molecule has 0 saturated heterocycles. The van der Waals surface area contributed by atoms with Crippen LogP contribution in [0.15, 0.2) is 279 Å². The van der Waals surface area contributed by atoms with Crippen molar-refractivity contribution in [3.05, 3.63) is 275 Å². The highest BCUT2D eigenvalue weighted by molar-refractivity contribution is 8.33. The Morgan fingerprint density at radius 1 is 0.191 bits per heavy atom. The number of rotatable bonds is 34. The molecule has 24 nitrogen and oxygen atoms in total. The quantitative estimate of drug-likeness (QED) is 0.0205. The molecule has 744 valence electrons. The second kappa shape index (κ2) is 40.3. The Balaban J connectivity index is 0.000000305. The molecule has 10 aromatic carbocycles. The third kappa shape index (κ3) is 28.1. The molecule has 0 saturated carbocycles. The van der Waals surface area contributed by atoms with Gasteiger partial charge in [0.05, 0.1) is 67.5 Å². The van der Waals surface area contributed by atoms with Crippen LogP contribution in [-0.4, -0.2) is 90.4 Å². The van der Waals surface area contributed by atoms with Crippen LogP contribution in [-0.2, 0) is 146 Å². The van der Waals surface area contributed by atoms with Crippen molar-refractivity contribution in [3.8, 4) is 23.0 Å². The zero-order valence-corrected chi connectivity index (χ0v) is 74.5. The summed E-state index contributed by atoms with van der Waals surface area (Å²) in [7, 11) is -49.1. The van der Waals surface area contributed by atoms with Gasteiger partial charge in [-0.2, -0.15) is 173 Å². The van der Waals surface area contributed by atoms with Crippen LogP contribution < -0.4 is 16.7 Å². The standard InChI is InChI=1S/2C38H27F13O12S5/c2*39-35(40,41)24-18-25(36(42,43)44)21-33(20-24)67(56,57)60-28-8-12-31(13-9-28)66(30-6-2-1-3-7-30,63-65(54,55)17-5-4-16-64(52,53)62-51)32-14-10-29(11-15-32)61-68(58,59)34-22-26(37(45,46)47)19-27(23-34)38(48,49)50/h2*1-3,6-15,18-23H,4-5,16-17H2. The van der Waals surface area contributed by atoms with Crippen LogP contribution in [0.2, 0.25) is 0 Å². The minimum Gasteiger partial charge on any atom is -0.379 e. The summed E-state index contributed by atoms with van der Waals surface area (Å²) in [5.74, 6) is -7.11. The van der Waals surface area contributed by atoms with E-state index in [2.05, 4.69) is 8.78 Å². The molecule has 136 heavy (non-hydrogen) atoms. The third-order valence-corrected chi connectivity index (χ3v) is 35.0. The van der Waals surface area contributed by atoms with E-state index in [1.807, 2.05) is 0 Å². The number of unbranched alkanes of at least 4 members (excludes halogenated alkanes) is 2. The van der Waals surface area contributed by atoms with Crippen LogP contribution in [0.3, 0.4) is 0 Å². The molecule has 0 aromatic heterocycles. The van der Waals surface area contributed by atoms with Crippen LogP contribution in [0.4, 0.5) is 114 Å². The zero-order chi connectivity index (χ0) is 102. The Bertz CT molecular complexity index is 6130. The summed E-state index contributed by atoms with van der Waals surface area (Å²) in [6, 6.07) is 24.9. The Morgan fingerprint density at radius 2 is 0.346 bits per heavy atom. The first-order chi connectivity index (χ1) is 62.2. The molecule has 0 bridgehead atoms. The minimum absolute atomic E-state index is 0.0492. The van der Waals surface area contributed by atoms with Gasteiger partial charge in [-0.3, -0.25) is 0 Å². The molecule has 0 spiro atoms. The molecule has 0 aliphatic heterocycles. The molecule has 0 fully saturated rings. The highest BCUT2D eigenvalue weighted by Crippen LogP contribution is 2.72. The summed E-state index contributed by atoms with van der Waals surface area (Å²) in [5, 5.41) is 0. The molecule has 0 aliphatic carbocycles. The fraction of sp³-hybridized carbons (Fsp3) is 0.211. The molecule has 0 aliphatic rings. The first kappa shape index (κ1) is 109. The van der Waals surface area contributed by atoms with Crippen molar-refractivity contribution in [2.24, 2.45) is 0 Å². The zero-order valence-electron chi connectivity index (χ0n) is 66.3. The van der Waals surface area contributed by atoms with Gasteiger partial charge < -0.3 is 16.7 Å². The van der Waals surface area contributed by atoms with Gasteiger partial charge in [0.2, 0.25) is 0 Å². The molecule has 0 amide bonds. The first-order valence-electron chi connectivity index (χ1n) is 36.2. The minimum atomic E-state index is -5.52. The van der Waals surface area contributed by atoms with Gasteiger partial charge in [-0.1, -0.05) is 45.2 Å². The van der Waals surface area contributed by atoms with Gasteiger partial charge in [0, 0.05) is 29.4 Å². The smallest absolute Gasteiger partial charge is 0.379 e. The summed E-state index contributed by atoms with van der Waals surface area (Å²) in [6.07, 6.45) is -45.8. The normalized spacial score (nSPS) is 13.8. The lowest BCUT2D eigenvalue weighted by Gasteiger charge is -2.39. The second-order valence-electron chi connectivity index (χ2n) is 27.5. The lowest BCUT2D eigenvalue weighted by molar-refractivity contribution is -0.145. The highest BCUT2D eigenvalue weighted by Gasteiger charge is 2.47. The maximum Gasteiger partial charge on any atom is 0.416 e. The maximum atomic E-state index is 13.8. The molecule has 0 heterocycles. The summed E-state index contributed by atoms with van der Waals surface area (Å²) < 4.78 is 592. The lowest BCUT2D eigenvalue weighted by Crippen LogP contribution is -2.18. The Labute approximate surface area is 756 Å². The number of benzene rings is 10. The van der Waals surface area contributed by atoms with E-state index in [0.717, 1.165) is 97.1 Å². The Hall–Kier alpha value is -10.3. The van der Waals surface area contributed by atoms with E-state index in [-0.39, 0.29) is 102 Å². The molecule has 0 radical (unpaired) electrons. The highest BCUT2D eigenvalue weighted by atomic mass is 32.3. The second-order valence-corrected chi connectivity index (χ2v) is 46.1. The van der Waals surface area contributed by atoms with Crippen molar-refractivity contribution >= 4 is 102 Å². The van der Waals surface area contributed by atoms with E-state index in [0.29, 0.717) is 0 Å². The average molecular weight is 2170 g/mol. The molecule has 0 N–H and O–H groups in total. The maximum absolute atomic E-state index is 13.8. The van der Waals surface area contributed by atoms with Crippen molar-refractivity contribution in [2.45, 2.75) is 124 Å². The van der Waals surface area contributed by atoms with Crippen molar-refractivity contribution in [2.75, 3.05) is 23.0 Å². The van der Waals surface area contributed by atoms with Gasteiger partial charge in [-0.25, -0.2) is 7.26 Å². The van der Waals surface area contributed by atoms with Gasteiger partial charge in [0.15, 0.2) is 0 Å². The predicted molar refractivity (Wildman–Crippen MR) is 421 cm³/mol. The topological polar surface area (TPSA) is 347 Å². The van der Waals surface area contributed by atoms with E-state index in [4.69, 9.17) is 24.0 Å². The first-order valence-corrected chi connectivity index (χ1v) is 51.3. The summed E-state index contributed by atoms with van der Waals surface area (Å²) in [4.78, 5) is -7.38. The van der Waals surface area contributed by atoms with Gasteiger partial charge in [-0.05, 0) is 249 Å². The van der Waals surface area contributed by atoms with Crippen LogP contribution in [0.1, 0.15) is 70.2 Å². The molecule has 0 atom stereocenters. The fourth-order valence-corrected chi connectivity index (χ4v) is 27.6. The summed E-state index contributed by atoms with van der Waals surface area (Å²) >= 11 is 0. The SMILES string of the molecule is O=S(=O)(CCCCS(=O)(=O)OS(c1ccccc1)(c1ccc(OS(=O)(=O)c2cc(C(F)(F)F)cc(C(F)(F)F)c2)cc1)c1ccc(OS(=O)(=O)c2cc(C(F)(F)F)cc(C(F)(F)F)c2)cc1)OF.O=S(=O)(CCCCS(=O)(=O)OS(c1ccccc1)(c1ccc(OS(=O)(=O)c2cc(C(F)(F)F)cc(C(F)(F)F)c2)cc1)c1ccc(OS(=O)(=O)c2cc(C(F)(F)F)cc(C(F)(F)F)c2)cc1)OF.